The number of thiazole rings is 1. The highest BCUT2D eigenvalue weighted by molar-refractivity contribution is 7.15. The molecule has 18 heavy (non-hydrogen) atoms. The van der Waals surface area contributed by atoms with E-state index in [1.807, 2.05) is 0 Å². The quantitative estimate of drug-likeness (QED) is 0.855. The van der Waals surface area contributed by atoms with Gasteiger partial charge in [0, 0.05) is 30.0 Å². The maximum absolute atomic E-state index is 11.9. The summed E-state index contributed by atoms with van der Waals surface area (Å²) < 4.78 is 4.90. The fourth-order valence-electron chi connectivity index (χ4n) is 1.84. The summed E-state index contributed by atoms with van der Waals surface area (Å²) in [5.41, 5.74) is 1.79. The summed E-state index contributed by atoms with van der Waals surface area (Å²) >= 11 is 1.50. The summed E-state index contributed by atoms with van der Waals surface area (Å²) in [4.78, 5) is 17.5. The summed E-state index contributed by atoms with van der Waals surface area (Å²) in [6.45, 7) is 3.54. The van der Waals surface area contributed by atoms with Crippen LogP contribution >= 0.6 is 11.3 Å². The Bertz CT molecular complexity index is 566. The maximum atomic E-state index is 11.9. The predicted molar refractivity (Wildman–Crippen MR) is 66.7 cm³/mol. The van der Waals surface area contributed by atoms with Crippen LogP contribution in [-0.4, -0.2) is 22.6 Å². The van der Waals surface area contributed by atoms with Gasteiger partial charge in [-0.05, 0) is 6.92 Å². The van der Waals surface area contributed by atoms with E-state index in [-0.39, 0.29) is 11.7 Å². The van der Waals surface area contributed by atoms with Crippen LogP contribution in [0.1, 0.15) is 26.7 Å². The number of carbonyl (C=O) groups is 1. The van der Waals surface area contributed by atoms with Crippen molar-refractivity contribution in [2.45, 2.75) is 19.9 Å². The van der Waals surface area contributed by atoms with E-state index in [0.717, 1.165) is 30.8 Å². The van der Waals surface area contributed by atoms with Crippen molar-refractivity contribution in [1.29, 1.82) is 0 Å². The number of carbonyl (C=O) groups excluding carboxylic acids is 1. The first-order valence-electron chi connectivity index (χ1n) is 5.66. The Kier molecular flexibility index (Phi) is 2.85. The molecule has 0 radical (unpaired) electrons. The van der Waals surface area contributed by atoms with Crippen LogP contribution in [0.4, 0.5) is 5.13 Å². The van der Waals surface area contributed by atoms with Crippen LogP contribution < -0.4 is 10.6 Å². The number of hydrogen-bond donors (Lipinski definition) is 2. The van der Waals surface area contributed by atoms with Crippen LogP contribution in [0.5, 0.6) is 0 Å². The van der Waals surface area contributed by atoms with Gasteiger partial charge in [0.2, 0.25) is 5.76 Å². The van der Waals surface area contributed by atoms with Crippen LogP contribution in [0.15, 0.2) is 10.7 Å². The predicted octanol–water partition coefficient (Wildman–Crippen LogP) is 1.34. The molecular formula is C11H12N4O2S. The van der Waals surface area contributed by atoms with Gasteiger partial charge in [-0.15, -0.1) is 11.3 Å². The van der Waals surface area contributed by atoms with Crippen molar-refractivity contribution in [2.24, 2.45) is 0 Å². The molecule has 0 atom stereocenters. The van der Waals surface area contributed by atoms with E-state index in [9.17, 15) is 4.79 Å². The largest absolute Gasteiger partial charge is 0.351 e. The topological polar surface area (TPSA) is 80.1 Å². The summed E-state index contributed by atoms with van der Waals surface area (Å²) in [5.74, 6) is -0.0645. The van der Waals surface area contributed by atoms with Crippen molar-refractivity contribution in [3.63, 3.8) is 0 Å². The van der Waals surface area contributed by atoms with Crippen molar-refractivity contribution in [1.82, 2.24) is 15.5 Å². The first-order chi connectivity index (χ1) is 8.74. The third kappa shape index (κ3) is 2.02. The molecule has 2 aromatic heterocycles. The van der Waals surface area contributed by atoms with E-state index < -0.39 is 0 Å². The molecular weight excluding hydrogens is 252 g/mol. The first-order valence-corrected chi connectivity index (χ1v) is 6.47. The highest BCUT2D eigenvalue weighted by Crippen LogP contribution is 2.25. The second kappa shape index (κ2) is 4.51. The lowest BCUT2D eigenvalue weighted by molar-refractivity contribution is 0.0987. The molecule has 0 spiro atoms. The van der Waals surface area contributed by atoms with Gasteiger partial charge >= 0.3 is 0 Å². The molecule has 1 aliphatic rings. The van der Waals surface area contributed by atoms with Crippen LogP contribution in [0.25, 0.3) is 0 Å². The second-order valence-electron chi connectivity index (χ2n) is 4.11. The van der Waals surface area contributed by atoms with Gasteiger partial charge in [0.15, 0.2) is 5.13 Å². The molecule has 2 aromatic rings. The smallest absolute Gasteiger partial charge is 0.296 e. The van der Waals surface area contributed by atoms with Gasteiger partial charge < -0.3 is 9.84 Å². The van der Waals surface area contributed by atoms with Crippen molar-refractivity contribution < 1.29 is 9.32 Å². The third-order valence-electron chi connectivity index (χ3n) is 2.78. The molecule has 0 saturated heterocycles. The zero-order valence-electron chi connectivity index (χ0n) is 9.82. The standard InChI is InChI=1S/C11H12N4O2S/c1-6-4-13-17-9(6)10(16)15-11-14-7-2-3-12-5-8(7)18-11/h4,12H,2-3,5H2,1H3,(H,14,15,16). The number of amides is 1. The number of aryl methyl sites for hydroxylation is 1. The van der Waals surface area contributed by atoms with Crippen molar-refractivity contribution in [3.05, 3.63) is 28.1 Å². The van der Waals surface area contributed by atoms with Gasteiger partial charge in [-0.2, -0.15) is 0 Å². The first kappa shape index (κ1) is 11.4. The number of nitrogens with one attached hydrogen (secondary N) is 2. The molecule has 0 bridgehead atoms. The molecule has 0 saturated carbocycles. The lowest BCUT2D eigenvalue weighted by atomic mass is 10.2. The highest BCUT2D eigenvalue weighted by atomic mass is 32.1. The van der Waals surface area contributed by atoms with Crippen LogP contribution in [0, 0.1) is 6.92 Å². The lowest BCUT2D eigenvalue weighted by Gasteiger charge is -2.09. The number of nitrogens with zero attached hydrogens (tertiary/aromatic N) is 2. The number of anilines is 1. The van der Waals surface area contributed by atoms with E-state index in [2.05, 4.69) is 20.8 Å². The Morgan fingerprint density at radius 2 is 2.50 bits per heavy atom. The highest BCUT2D eigenvalue weighted by Gasteiger charge is 2.19. The van der Waals surface area contributed by atoms with Gasteiger partial charge in [0.1, 0.15) is 0 Å². The Morgan fingerprint density at radius 3 is 3.22 bits per heavy atom. The zero-order valence-corrected chi connectivity index (χ0v) is 10.6. The Balaban J connectivity index is 1.79. The average molecular weight is 264 g/mol. The summed E-state index contributed by atoms with van der Waals surface area (Å²) in [5, 5.41) is 10.2. The van der Waals surface area contributed by atoms with Gasteiger partial charge in [-0.25, -0.2) is 4.98 Å². The van der Waals surface area contributed by atoms with Crippen molar-refractivity contribution in [2.75, 3.05) is 11.9 Å². The zero-order chi connectivity index (χ0) is 12.5. The fraction of sp³-hybridized carbons (Fsp3) is 0.364. The molecule has 0 aliphatic carbocycles. The molecule has 0 aromatic carbocycles. The molecule has 0 unspecified atom stereocenters. The monoisotopic (exact) mass is 264 g/mol. The average Bonchev–Trinajstić information content (AvgIpc) is 2.94. The van der Waals surface area contributed by atoms with Crippen LogP contribution in [0.3, 0.4) is 0 Å². The normalized spacial score (nSPS) is 14.3. The number of hydrogen-bond acceptors (Lipinski definition) is 6. The SMILES string of the molecule is Cc1cnoc1C(=O)Nc1nc2c(s1)CNCC2. The number of fused-ring (bicyclic) bond motifs is 1. The van der Waals surface area contributed by atoms with Gasteiger partial charge in [-0.3, -0.25) is 10.1 Å². The summed E-state index contributed by atoms with van der Waals surface area (Å²) in [6.07, 6.45) is 2.43. The molecule has 3 heterocycles. The van der Waals surface area contributed by atoms with Gasteiger partial charge in [0.25, 0.3) is 5.91 Å². The maximum Gasteiger partial charge on any atom is 0.296 e. The lowest BCUT2D eigenvalue weighted by Crippen LogP contribution is -2.22. The Labute approximate surface area is 107 Å². The van der Waals surface area contributed by atoms with E-state index in [4.69, 9.17) is 4.52 Å². The Morgan fingerprint density at radius 1 is 1.61 bits per heavy atom. The fourth-order valence-corrected chi connectivity index (χ4v) is 2.81. The van der Waals surface area contributed by atoms with Crippen LogP contribution in [-0.2, 0) is 13.0 Å². The van der Waals surface area contributed by atoms with E-state index in [1.54, 1.807) is 6.92 Å². The Hall–Kier alpha value is -1.73. The molecule has 3 rings (SSSR count). The molecule has 0 fully saturated rings. The minimum atomic E-state index is -0.302. The number of rotatable bonds is 2. The van der Waals surface area contributed by atoms with Crippen molar-refractivity contribution >= 4 is 22.4 Å². The van der Waals surface area contributed by atoms with Crippen LogP contribution in [0.2, 0.25) is 0 Å². The third-order valence-corrected chi connectivity index (χ3v) is 3.79. The summed E-state index contributed by atoms with van der Waals surface area (Å²) in [6, 6.07) is 0. The number of aromatic nitrogens is 2. The van der Waals surface area contributed by atoms with Gasteiger partial charge in [-0.1, -0.05) is 5.16 Å². The van der Waals surface area contributed by atoms with Crippen molar-refractivity contribution in [3.8, 4) is 0 Å². The molecule has 6 nitrogen and oxygen atoms in total. The van der Waals surface area contributed by atoms with E-state index >= 15 is 0 Å². The minimum absolute atomic E-state index is 0.237. The second-order valence-corrected chi connectivity index (χ2v) is 5.19. The molecule has 1 amide bonds. The van der Waals surface area contributed by atoms with Gasteiger partial charge in [0.05, 0.1) is 11.9 Å². The molecule has 94 valence electrons. The minimum Gasteiger partial charge on any atom is -0.351 e. The van der Waals surface area contributed by atoms with E-state index in [1.165, 1.54) is 22.4 Å². The molecule has 2 N–H and O–H groups in total. The molecule has 1 aliphatic heterocycles. The van der Waals surface area contributed by atoms with E-state index in [0.29, 0.717) is 5.13 Å². The molecule has 7 heteroatoms. The summed E-state index contributed by atoms with van der Waals surface area (Å²) in [7, 11) is 0.